The van der Waals surface area contributed by atoms with Gasteiger partial charge in [0.2, 0.25) is 0 Å². The van der Waals surface area contributed by atoms with Crippen LogP contribution < -0.4 is 5.32 Å². The molecule has 0 fully saturated rings. The molecule has 0 unspecified atom stereocenters. The quantitative estimate of drug-likeness (QED) is 0.746. The number of hydrogen-bond donors (Lipinski definition) is 1. The molecule has 0 saturated heterocycles. The number of nitrogens with one attached hydrogen (secondary N) is 1. The number of nitrogens with zero attached hydrogens (tertiary/aromatic N) is 1. The highest BCUT2D eigenvalue weighted by Crippen LogP contribution is 2.09. The number of hydrogen-bond acceptors (Lipinski definition) is 4. The summed E-state index contributed by atoms with van der Waals surface area (Å²) in [7, 11) is 1.60. The van der Waals surface area contributed by atoms with E-state index in [1.54, 1.807) is 7.11 Å². The molecule has 0 aliphatic heterocycles. The number of carbonyl (C=O) groups excluding carboxylic acids is 1. The lowest BCUT2D eigenvalue weighted by atomic mass is 10.3. The minimum Gasteiger partial charge on any atom is -0.383 e. The third-order valence-corrected chi connectivity index (χ3v) is 2.66. The molecular formula is C9H14N2O2S. The summed E-state index contributed by atoms with van der Waals surface area (Å²) >= 11 is 1.37. The first kappa shape index (κ1) is 11.1. The van der Waals surface area contributed by atoms with Crippen LogP contribution in [0.5, 0.6) is 0 Å². The SMILES string of the molecule is CCc1cc(C(=O)NCCOC)ns1. The number of methoxy groups -OCH3 is 1. The molecule has 1 aromatic heterocycles. The molecule has 14 heavy (non-hydrogen) atoms. The summed E-state index contributed by atoms with van der Waals surface area (Å²) in [6.45, 7) is 3.09. The Hall–Kier alpha value is -0.940. The van der Waals surface area contributed by atoms with Crippen molar-refractivity contribution in [2.24, 2.45) is 0 Å². The summed E-state index contributed by atoms with van der Waals surface area (Å²) in [5.41, 5.74) is 0.503. The summed E-state index contributed by atoms with van der Waals surface area (Å²) < 4.78 is 8.88. The third-order valence-electron chi connectivity index (χ3n) is 1.73. The van der Waals surface area contributed by atoms with E-state index in [0.717, 1.165) is 11.3 Å². The van der Waals surface area contributed by atoms with Gasteiger partial charge in [-0.25, -0.2) is 0 Å². The number of aryl methyl sites for hydroxylation is 1. The first-order chi connectivity index (χ1) is 6.77. The maximum absolute atomic E-state index is 11.4. The van der Waals surface area contributed by atoms with Crippen LogP contribution in [0.15, 0.2) is 6.07 Å². The Kier molecular flexibility index (Phi) is 4.55. The van der Waals surface area contributed by atoms with Gasteiger partial charge in [-0.3, -0.25) is 4.79 Å². The Morgan fingerprint density at radius 3 is 3.07 bits per heavy atom. The molecule has 0 saturated carbocycles. The van der Waals surface area contributed by atoms with Crippen LogP contribution in [0.25, 0.3) is 0 Å². The minimum atomic E-state index is -0.127. The Morgan fingerprint density at radius 1 is 1.71 bits per heavy atom. The number of aromatic nitrogens is 1. The van der Waals surface area contributed by atoms with E-state index in [9.17, 15) is 4.79 Å². The highest BCUT2D eigenvalue weighted by atomic mass is 32.1. The Bertz CT molecular complexity index is 299. The van der Waals surface area contributed by atoms with Crippen LogP contribution in [0.1, 0.15) is 22.3 Å². The van der Waals surface area contributed by atoms with Gasteiger partial charge in [0.25, 0.3) is 5.91 Å². The van der Waals surface area contributed by atoms with Crippen LogP contribution in [0, 0.1) is 0 Å². The lowest BCUT2D eigenvalue weighted by Crippen LogP contribution is -2.27. The Balaban J connectivity index is 2.44. The van der Waals surface area contributed by atoms with Gasteiger partial charge in [-0.1, -0.05) is 6.92 Å². The smallest absolute Gasteiger partial charge is 0.271 e. The van der Waals surface area contributed by atoms with Crippen LogP contribution in [0.2, 0.25) is 0 Å². The molecule has 0 aliphatic carbocycles. The number of ether oxygens (including phenoxy) is 1. The zero-order chi connectivity index (χ0) is 10.4. The van der Waals surface area contributed by atoms with Gasteiger partial charge in [-0.15, -0.1) is 0 Å². The summed E-state index contributed by atoms with van der Waals surface area (Å²) in [6.07, 6.45) is 0.920. The predicted molar refractivity (Wildman–Crippen MR) is 55.7 cm³/mol. The molecule has 0 atom stereocenters. The zero-order valence-electron chi connectivity index (χ0n) is 8.37. The predicted octanol–water partition coefficient (Wildman–Crippen LogP) is 1.08. The second-order valence-corrected chi connectivity index (χ2v) is 3.67. The summed E-state index contributed by atoms with van der Waals surface area (Å²) in [5, 5.41) is 2.72. The molecular weight excluding hydrogens is 200 g/mol. The van der Waals surface area contributed by atoms with Gasteiger partial charge in [-0.2, -0.15) is 4.37 Å². The molecule has 1 rings (SSSR count). The maximum atomic E-state index is 11.4. The third kappa shape index (κ3) is 3.08. The maximum Gasteiger partial charge on any atom is 0.271 e. The lowest BCUT2D eigenvalue weighted by molar-refractivity contribution is 0.0933. The molecule has 1 aromatic rings. The van der Waals surface area contributed by atoms with Gasteiger partial charge in [0.15, 0.2) is 0 Å². The molecule has 1 amide bonds. The van der Waals surface area contributed by atoms with Crippen LogP contribution in [-0.4, -0.2) is 30.5 Å². The second-order valence-electron chi connectivity index (χ2n) is 2.78. The van der Waals surface area contributed by atoms with E-state index >= 15 is 0 Å². The van der Waals surface area contributed by atoms with Crippen molar-refractivity contribution in [2.45, 2.75) is 13.3 Å². The average Bonchev–Trinajstić information content (AvgIpc) is 2.66. The van der Waals surface area contributed by atoms with Gasteiger partial charge in [0.1, 0.15) is 5.69 Å². The topological polar surface area (TPSA) is 51.2 Å². The molecule has 4 nitrogen and oxygen atoms in total. The number of carbonyl (C=O) groups is 1. The molecule has 0 aliphatic rings. The second kappa shape index (κ2) is 5.72. The molecule has 78 valence electrons. The summed E-state index contributed by atoms with van der Waals surface area (Å²) in [5.74, 6) is -0.127. The normalized spacial score (nSPS) is 10.1. The van der Waals surface area contributed by atoms with E-state index in [1.165, 1.54) is 11.5 Å². The average molecular weight is 214 g/mol. The summed E-state index contributed by atoms with van der Waals surface area (Å²) in [4.78, 5) is 12.6. The van der Waals surface area contributed by atoms with Crippen molar-refractivity contribution in [1.82, 2.24) is 9.69 Å². The van der Waals surface area contributed by atoms with Crippen LogP contribution >= 0.6 is 11.5 Å². The summed E-state index contributed by atoms with van der Waals surface area (Å²) in [6, 6.07) is 1.83. The van der Waals surface area contributed by atoms with Crippen molar-refractivity contribution >= 4 is 17.4 Å². The van der Waals surface area contributed by atoms with Crippen LogP contribution in [0.3, 0.4) is 0 Å². The fraction of sp³-hybridized carbons (Fsp3) is 0.556. The van der Waals surface area contributed by atoms with Crippen molar-refractivity contribution in [3.8, 4) is 0 Å². The molecule has 0 bridgehead atoms. The lowest BCUT2D eigenvalue weighted by Gasteiger charge is -2.00. The molecule has 0 radical (unpaired) electrons. The van der Waals surface area contributed by atoms with E-state index < -0.39 is 0 Å². The molecule has 1 N–H and O–H groups in total. The monoisotopic (exact) mass is 214 g/mol. The van der Waals surface area contributed by atoms with Crippen molar-refractivity contribution < 1.29 is 9.53 Å². The Morgan fingerprint density at radius 2 is 2.50 bits per heavy atom. The van der Waals surface area contributed by atoms with E-state index in [0.29, 0.717) is 18.8 Å². The van der Waals surface area contributed by atoms with Crippen molar-refractivity contribution in [3.05, 3.63) is 16.6 Å². The largest absolute Gasteiger partial charge is 0.383 e. The minimum absolute atomic E-state index is 0.127. The first-order valence-electron chi connectivity index (χ1n) is 4.50. The molecule has 0 spiro atoms. The molecule has 0 aromatic carbocycles. The van der Waals surface area contributed by atoms with E-state index in [2.05, 4.69) is 9.69 Å². The fourth-order valence-electron chi connectivity index (χ4n) is 0.944. The van der Waals surface area contributed by atoms with Gasteiger partial charge < -0.3 is 10.1 Å². The zero-order valence-corrected chi connectivity index (χ0v) is 9.19. The van der Waals surface area contributed by atoms with Crippen LogP contribution in [0.4, 0.5) is 0 Å². The van der Waals surface area contributed by atoms with Crippen molar-refractivity contribution in [3.63, 3.8) is 0 Å². The number of rotatable bonds is 5. The van der Waals surface area contributed by atoms with Gasteiger partial charge >= 0.3 is 0 Å². The van der Waals surface area contributed by atoms with Gasteiger partial charge in [0, 0.05) is 18.5 Å². The van der Waals surface area contributed by atoms with Crippen LogP contribution in [-0.2, 0) is 11.2 Å². The van der Waals surface area contributed by atoms with E-state index in [1.807, 2.05) is 13.0 Å². The fourth-order valence-corrected chi connectivity index (χ4v) is 1.59. The standard InChI is InChI=1S/C9H14N2O2S/c1-3-7-6-8(11-14-7)9(12)10-4-5-13-2/h6H,3-5H2,1-2H3,(H,10,12). The molecule has 1 heterocycles. The van der Waals surface area contributed by atoms with Gasteiger partial charge in [0.05, 0.1) is 6.61 Å². The first-order valence-corrected chi connectivity index (χ1v) is 5.28. The van der Waals surface area contributed by atoms with E-state index in [-0.39, 0.29) is 5.91 Å². The van der Waals surface area contributed by atoms with E-state index in [4.69, 9.17) is 4.74 Å². The van der Waals surface area contributed by atoms with Gasteiger partial charge in [-0.05, 0) is 24.0 Å². The number of amides is 1. The Labute approximate surface area is 87.4 Å². The highest BCUT2D eigenvalue weighted by molar-refractivity contribution is 7.05. The highest BCUT2D eigenvalue weighted by Gasteiger charge is 2.08. The van der Waals surface area contributed by atoms with Crippen molar-refractivity contribution in [2.75, 3.05) is 20.3 Å². The van der Waals surface area contributed by atoms with Crippen molar-refractivity contribution in [1.29, 1.82) is 0 Å². The molecule has 5 heteroatoms.